The zero-order valence-corrected chi connectivity index (χ0v) is 11.1. The molecule has 0 unspecified atom stereocenters. The van der Waals surface area contributed by atoms with Crippen LogP contribution in [0.2, 0.25) is 0 Å². The number of furan rings is 1. The molecule has 2 aromatic heterocycles. The van der Waals surface area contributed by atoms with E-state index in [2.05, 4.69) is 15.0 Å². The minimum Gasteiger partial charge on any atom is -0.466 e. The molecule has 0 N–H and O–H groups in total. The van der Waals surface area contributed by atoms with Gasteiger partial charge in [-0.2, -0.15) is 0 Å². The Morgan fingerprint density at radius 3 is 2.95 bits per heavy atom. The van der Waals surface area contributed by atoms with Crippen molar-refractivity contribution in [3.63, 3.8) is 0 Å². The van der Waals surface area contributed by atoms with Crippen LogP contribution in [0.25, 0.3) is 10.9 Å². The number of ether oxygens (including phenoxy) is 1. The molecule has 0 bridgehead atoms. The largest absolute Gasteiger partial charge is 0.466 e. The number of aromatic nitrogens is 3. The standard InChI is InChI=1S/C14H11N3O4/c1-20-14(19)10-6-7-21-12(10)8-17-13(18)9-4-2-3-5-11(9)15-16-17/h2-7H,8H2,1H3. The SMILES string of the molecule is COC(=O)c1ccoc1Cn1nnc2ccccc2c1=O. The highest BCUT2D eigenvalue weighted by Gasteiger charge is 2.17. The number of rotatable bonds is 3. The minimum atomic E-state index is -0.527. The van der Waals surface area contributed by atoms with E-state index in [0.29, 0.717) is 16.7 Å². The summed E-state index contributed by atoms with van der Waals surface area (Å²) in [4.78, 5) is 23.9. The van der Waals surface area contributed by atoms with Crippen molar-refractivity contribution in [3.05, 3.63) is 58.3 Å². The molecule has 1 aromatic carbocycles. The number of hydrogen-bond donors (Lipinski definition) is 0. The predicted molar refractivity (Wildman–Crippen MR) is 72.9 cm³/mol. The molecule has 0 spiro atoms. The van der Waals surface area contributed by atoms with Gasteiger partial charge in [0.2, 0.25) is 0 Å². The fourth-order valence-corrected chi connectivity index (χ4v) is 2.02. The van der Waals surface area contributed by atoms with Gasteiger partial charge in [0.05, 0.1) is 18.8 Å². The second-order valence-electron chi connectivity index (χ2n) is 4.32. The van der Waals surface area contributed by atoms with Gasteiger partial charge in [0.15, 0.2) is 0 Å². The first-order valence-corrected chi connectivity index (χ1v) is 6.18. The minimum absolute atomic E-state index is 0.00804. The third-order valence-electron chi connectivity index (χ3n) is 3.07. The van der Waals surface area contributed by atoms with Crippen molar-refractivity contribution in [1.29, 1.82) is 0 Å². The van der Waals surface area contributed by atoms with Crippen molar-refractivity contribution in [2.45, 2.75) is 6.54 Å². The molecule has 2 heterocycles. The summed E-state index contributed by atoms with van der Waals surface area (Å²) in [6.07, 6.45) is 1.36. The van der Waals surface area contributed by atoms with Gasteiger partial charge in [0.25, 0.3) is 5.56 Å². The second-order valence-corrected chi connectivity index (χ2v) is 4.32. The normalized spacial score (nSPS) is 10.7. The Balaban J connectivity index is 2.03. The molecule has 3 rings (SSSR count). The van der Waals surface area contributed by atoms with Crippen LogP contribution in [0.1, 0.15) is 16.1 Å². The van der Waals surface area contributed by atoms with E-state index in [1.54, 1.807) is 24.3 Å². The Bertz CT molecular complexity index is 866. The number of esters is 1. The lowest BCUT2D eigenvalue weighted by molar-refractivity contribution is 0.0598. The van der Waals surface area contributed by atoms with E-state index < -0.39 is 5.97 Å². The van der Waals surface area contributed by atoms with Gasteiger partial charge in [-0.3, -0.25) is 4.79 Å². The maximum absolute atomic E-state index is 12.3. The highest BCUT2D eigenvalue weighted by Crippen LogP contribution is 2.13. The van der Waals surface area contributed by atoms with Crippen LogP contribution >= 0.6 is 0 Å². The van der Waals surface area contributed by atoms with Crippen molar-refractivity contribution in [1.82, 2.24) is 15.0 Å². The highest BCUT2D eigenvalue weighted by atomic mass is 16.5. The lowest BCUT2D eigenvalue weighted by Crippen LogP contribution is -2.25. The third-order valence-corrected chi connectivity index (χ3v) is 3.07. The number of nitrogens with zero attached hydrogens (tertiary/aromatic N) is 3. The van der Waals surface area contributed by atoms with Gasteiger partial charge >= 0.3 is 5.97 Å². The zero-order chi connectivity index (χ0) is 14.8. The Labute approximate surface area is 118 Å². The molecule has 0 atom stereocenters. The smallest absolute Gasteiger partial charge is 0.341 e. The number of benzene rings is 1. The Hall–Kier alpha value is -2.96. The lowest BCUT2D eigenvalue weighted by Gasteiger charge is -2.04. The molecule has 0 saturated heterocycles. The van der Waals surface area contributed by atoms with Crippen LogP contribution in [0.15, 0.2) is 45.8 Å². The quantitative estimate of drug-likeness (QED) is 0.672. The summed E-state index contributed by atoms with van der Waals surface area (Å²) in [7, 11) is 1.28. The molecule has 21 heavy (non-hydrogen) atoms. The van der Waals surface area contributed by atoms with Crippen molar-refractivity contribution in [2.24, 2.45) is 0 Å². The molecule has 7 nitrogen and oxygen atoms in total. The van der Waals surface area contributed by atoms with Gasteiger partial charge < -0.3 is 9.15 Å². The van der Waals surface area contributed by atoms with E-state index in [-0.39, 0.29) is 17.7 Å². The number of hydrogen-bond acceptors (Lipinski definition) is 6. The summed E-state index contributed by atoms with van der Waals surface area (Å²) in [6, 6.07) is 8.40. The van der Waals surface area contributed by atoms with E-state index in [1.165, 1.54) is 19.4 Å². The number of fused-ring (bicyclic) bond motifs is 1. The van der Waals surface area contributed by atoms with Crippen molar-refractivity contribution >= 4 is 16.9 Å². The first-order chi connectivity index (χ1) is 10.2. The van der Waals surface area contributed by atoms with Gasteiger partial charge in [-0.05, 0) is 18.2 Å². The maximum atomic E-state index is 12.3. The Morgan fingerprint density at radius 2 is 2.14 bits per heavy atom. The molecule has 0 aliphatic carbocycles. The summed E-state index contributed by atoms with van der Waals surface area (Å²) in [6.45, 7) is 0.00804. The first kappa shape index (κ1) is 13.0. The van der Waals surface area contributed by atoms with Gasteiger partial charge in [-0.25, -0.2) is 9.48 Å². The predicted octanol–water partition coefficient (Wildman–Crippen LogP) is 1.22. The Kier molecular flexibility index (Phi) is 3.23. The number of methoxy groups -OCH3 is 1. The van der Waals surface area contributed by atoms with Crippen LogP contribution in [-0.2, 0) is 11.3 Å². The average Bonchev–Trinajstić information content (AvgIpc) is 2.98. The summed E-state index contributed by atoms with van der Waals surface area (Å²) >= 11 is 0. The van der Waals surface area contributed by atoms with Crippen LogP contribution in [0.4, 0.5) is 0 Å². The monoisotopic (exact) mass is 285 g/mol. The molecule has 3 aromatic rings. The molecule has 0 fully saturated rings. The second kappa shape index (κ2) is 5.20. The molecular formula is C14H11N3O4. The van der Waals surface area contributed by atoms with E-state index in [0.717, 1.165) is 4.68 Å². The molecule has 106 valence electrons. The lowest BCUT2D eigenvalue weighted by atomic mass is 10.2. The molecule has 0 aliphatic rings. The van der Waals surface area contributed by atoms with Gasteiger partial charge in [0.1, 0.15) is 23.4 Å². The van der Waals surface area contributed by atoms with E-state index in [1.807, 2.05) is 0 Å². The van der Waals surface area contributed by atoms with Crippen LogP contribution in [0, 0.1) is 0 Å². The fourth-order valence-electron chi connectivity index (χ4n) is 2.02. The first-order valence-electron chi connectivity index (χ1n) is 6.18. The third kappa shape index (κ3) is 2.29. The van der Waals surface area contributed by atoms with E-state index >= 15 is 0 Å². The van der Waals surface area contributed by atoms with Crippen LogP contribution in [-0.4, -0.2) is 28.1 Å². The highest BCUT2D eigenvalue weighted by molar-refractivity contribution is 5.90. The summed E-state index contributed by atoms with van der Waals surface area (Å²) in [5, 5.41) is 8.28. The van der Waals surface area contributed by atoms with Crippen LogP contribution in [0.5, 0.6) is 0 Å². The van der Waals surface area contributed by atoms with Crippen LogP contribution < -0.4 is 5.56 Å². The van der Waals surface area contributed by atoms with E-state index in [9.17, 15) is 9.59 Å². The van der Waals surface area contributed by atoms with Crippen molar-refractivity contribution in [3.8, 4) is 0 Å². The molecule has 0 radical (unpaired) electrons. The molecule has 0 amide bonds. The summed E-state index contributed by atoms with van der Waals surface area (Å²) in [5.41, 5.74) is 0.485. The van der Waals surface area contributed by atoms with Gasteiger partial charge in [0, 0.05) is 0 Å². The molecule has 0 aliphatic heterocycles. The summed E-state index contributed by atoms with van der Waals surface area (Å²) < 4.78 is 11.0. The molecule has 7 heteroatoms. The van der Waals surface area contributed by atoms with Crippen LogP contribution in [0.3, 0.4) is 0 Å². The summed E-state index contributed by atoms with van der Waals surface area (Å²) in [5.74, 6) is -0.228. The average molecular weight is 285 g/mol. The topological polar surface area (TPSA) is 87.2 Å². The van der Waals surface area contributed by atoms with Gasteiger partial charge in [-0.1, -0.05) is 17.3 Å². The Morgan fingerprint density at radius 1 is 1.33 bits per heavy atom. The number of carbonyl (C=O) groups excluding carboxylic acids is 1. The van der Waals surface area contributed by atoms with Crippen molar-refractivity contribution < 1.29 is 13.9 Å². The molecule has 0 saturated carbocycles. The zero-order valence-electron chi connectivity index (χ0n) is 11.1. The number of carbonyl (C=O) groups is 1. The van der Waals surface area contributed by atoms with Crippen molar-refractivity contribution in [2.75, 3.05) is 7.11 Å². The fraction of sp³-hybridized carbons (Fsp3) is 0.143. The van der Waals surface area contributed by atoms with E-state index in [4.69, 9.17) is 4.42 Å². The van der Waals surface area contributed by atoms with Gasteiger partial charge in [-0.15, -0.1) is 5.10 Å². The maximum Gasteiger partial charge on any atom is 0.341 e. The molecular weight excluding hydrogens is 274 g/mol.